The predicted octanol–water partition coefficient (Wildman–Crippen LogP) is 10.4. The highest BCUT2D eigenvalue weighted by Gasteiger charge is 2.51. The lowest BCUT2D eigenvalue weighted by molar-refractivity contribution is 0.284. The Balaban J connectivity index is 1.19. The zero-order valence-electron chi connectivity index (χ0n) is 42.1. The lowest BCUT2D eigenvalue weighted by atomic mass is 10.2. The molecule has 0 amide bonds. The van der Waals surface area contributed by atoms with Crippen molar-refractivity contribution in [2.75, 3.05) is 24.7 Å². The molecule has 0 aliphatic rings. The molecule has 0 aliphatic heterocycles. The van der Waals surface area contributed by atoms with Gasteiger partial charge in [-0.2, -0.15) is 0 Å². The Kier molecular flexibility index (Phi) is 19.6. The van der Waals surface area contributed by atoms with Crippen molar-refractivity contribution >= 4 is 79.0 Å². The van der Waals surface area contributed by atoms with Gasteiger partial charge in [-0.25, -0.2) is 26.3 Å². The minimum atomic E-state index is -3.85. The Labute approximate surface area is 430 Å². The summed E-state index contributed by atoms with van der Waals surface area (Å²) in [5.74, 6) is 0.923. The molecule has 0 saturated carbocycles. The number of hydrogen-bond acceptors (Lipinski definition) is 8. The molecule has 0 saturated heterocycles. The van der Waals surface area contributed by atoms with E-state index in [1.54, 1.807) is 45.9 Å². The van der Waals surface area contributed by atoms with Crippen LogP contribution in [0.5, 0.6) is 0 Å². The highest BCUT2D eigenvalue weighted by atomic mass is 33.1. The third kappa shape index (κ3) is 14.0. The van der Waals surface area contributed by atoms with E-state index in [4.69, 9.17) is 8.85 Å². The topological polar surface area (TPSA) is 111 Å². The van der Waals surface area contributed by atoms with Crippen molar-refractivity contribution in [2.45, 2.75) is 113 Å². The van der Waals surface area contributed by atoms with E-state index in [1.165, 1.54) is 20.7 Å². The van der Waals surface area contributed by atoms with E-state index < -0.39 is 48.8 Å². The lowest BCUT2D eigenvalue weighted by Gasteiger charge is -2.43. The number of benzene rings is 6. The van der Waals surface area contributed by atoms with Crippen molar-refractivity contribution < 1.29 is 25.7 Å². The molecule has 2 atom stereocenters. The maximum Gasteiger partial charge on any atom is 0.261 e. The first-order valence-electron chi connectivity index (χ1n) is 24.2. The largest absolute Gasteiger partial charge is 0.407 e. The fraction of sp³-hybridized carbons (Fsp3) is 0.357. The zero-order valence-corrected chi connectivity index (χ0v) is 47.3. The minimum absolute atomic E-state index is 0.195. The first kappa shape index (κ1) is 55.5. The second-order valence-electron chi connectivity index (χ2n) is 20.1. The molecule has 0 radical (unpaired) electrons. The Morgan fingerprint density at radius 1 is 0.443 bits per heavy atom. The van der Waals surface area contributed by atoms with Crippen LogP contribution in [0.15, 0.2) is 180 Å². The number of hydrogen-bond donors (Lipinski definition) is 2. The summed E-state index contributed by atoms with van der Waals surface area (Å²) >= 11 is 0. The molecule has 0 fully saturated rings. The summed E-state index contributed by atoms with van der Waals surface area (Å²) < 4.78 is 76.2. The fourth-order valence-electron chi connectivity index (χ4n) is 9.26. The number of rotatable bonds is 25. The van der Waals surface area contributed by atoms with Crippen molar-refractivity contribution in [3.8, 4) is 0 Å². The number of sulfonamides is 2. The van der Waals surface area contributed by atoms with Crippen LogP contribution < -0.4 is 30.2 Å². The van der Waals surface area contributed by atoms with Crippen LogP contribution >= 0.6 is 21.6 Å². The van der Waals surface area contributed by atoms with Crippen LogP contribution in [0.3, 0.4) is 0 Å². The van der Waals surface area contributed by atoms with Gasteiger partial charge in [0.05, 0.1) is 9.79 Å². The highest BCUT2D eigenvalue weighted by Crippen LogP contribution is 2.38. The summed E-state index contributed by atoms with van der Waals surface area (Å²) in [7, 11) is -10.2. The van der Waals surface area contributed by atoms with E-state index in [2.05, 4.69) is 148 Å². The summed E-state index contributed by atoms with van der Waals surface area (Å²) in [6.45, 7) is 18.3. The standard InChI is InChI=1S/C56H72N2O6S4Si2/c1-45-33-37-49(38-34-45)67(59,60)57-47(23-21-41-63-69(55(3,4)5,51-25-13-9-14-26-51)52-27-15-10-16-28-52)43-65-66-44-48(58-68(61,62)50-39-35-46(2)36-40-50)24-22-42-64-70(56(6,7)8,53-29-17-11-18-30-53)54-31-19-12-20-32-54/h9-20,25-40,47-48,57-58H,21-24,41-44H2,1-8H3/t47-,48-/m0/s1. The second kappa shape index (κ2) is 24.7. The first-order chi connectivity index (χ1) is 33.3. The van der Waals surface area contributed by atoms with Crippen LogP contribution in [0.25, 0.3) is 0 Å². The number of nitrogens with one attached hydrogen (secondary N) is 2. The van der Waals surface area contributed by atoms with Gasteiger partial charge in [-0.1, -0.05) is 220 Å². The molecule has 14 heteroatoms. The van der Waals surface area contributed by atoms with Crippen molar-refractivity contribution in [3.63, 3.8) is 0 Å². The van der Waals surface area contributed by atoms with Crippen LogP contribution in [0, 0.1) is 13.8 Å². The van der Waals surface area contributed by atoms with E-state index >= 15 is 0 Å². The molecule has 70 heavy (non-hydrogen) atoms. The highest BCUT2D eigenvalue weighted by molar-refractivity contribution is 8.76. The van der Waals surface area contributed by atoms with E-state index in [0.717, 1.165) is 11.1 Å². The third-order valence-corrected chi connectivity index (χ3v) is 28.5. The normalized spacial score (nSPS) is 13.8. The van der Waals surface area contributed by atoms with Crippen molar-refractivity contribution in [3.05, 3.63) is 181 Å². The molecule has 8 nitrogen and oxygen atoms in total. The van der Waals surface area contributed by atoms with Crippen molar-refractivity contribution in [1.82, 2.24) is 9.44 Å². The Hall–Kier alpha value is -3.81. The summed E-state index contributed by atoms with van der Waals surface area (Å²) in [5, 5.41) is 4.39. The van der Waals surface area contributed by atoms with Gasteiger partial charge in [0.25, 0.3) is 16.6 Å². The van der Waals surface area contributed by atoms with Gasteiger partial charge < -0.3 is 8.85 Å². The molecule has 6 aromatic carbocycles. The zero-order chi connectivity index (χ0) is 50.5. The summed E-state index contributed by atoms with van der Waals surface area (Å²) in [6.07, 6.45) is 2.34. The molecule has 0 aliphatic carbocycles. The van der Waals surface area contributed by atoms with Gasteiger partial charge >= 0.3 is 0 Å². The van der Waals surface area contributed by atoms with E-state index in [-0.39, 0.29) is 19.9 Å². The summed E-state index contributed by atoms with van der Waals surface area (Å²) in [6, 6.07) is 55.1. The average molecular weight is 1050 g/mol. The van der Waals surface area contributed by atoms with Gasteiger partial charge in [0.1, 0.15) is 0 Å². The first-order valence-corrected chi connectivity index (χ1v) is 33.5. The number of aryl methyl sites for hydroxylation is 2. The second-order valence-corrected chi connectivity index (χ2v) is 34.7. The SMILES string of the molecule is Cc1ccc(S(=O)(=O)N[C@@H](CCCO[Si](c2ccccc2)(c2ccccc2)C(C)(C)C)CSSC[C@H](CCCO[Si](c2ccccc2)(c2ccccc2)C(C)(C)C)NS(=O)(=O)c2ccc(C)cc2)cc1. The molecule has 0 unspecified atom stereocenters. The third-order valence-electron chi connectivity index (χ3n) is 12.8. The summed E-state index contributed by atoms with van der Waals surface area (Å²) in [4.78, 5) is 0.436. The Bertz CT molecular complexity index is 2470. The van der Waals surface area contributed by atoms with E-state index in [0.29, 0.717) is 50.4 Å². The van der Waals surface area contributed by atoms with Gasteiger partial charge in [0.15, 0.2) is 0 Å². The molecule has 6 rings (SSSR count). The maximum atomic E-state index is 13.9. The smallest absolute Gasteiger partial charge is 0.261 e. The van der Waals surface area contributed by atoms with Crippen LogP contribution in [0.4, 0.5) is 0 Å². The van der Waals surface area contributed by atoms with Gasteiger partial charge in [-0.15, -0.1) is 0 Å². The monoisotopic (exact) mass is 1050 g/mol. The molecule has 0 heterocycles. The summed E-state index contributed by atoms with van der Waals surface area (Å²) in [5.41, 5.74) is 1.95. The molecule has 2 N–H and O–H groups in total. The van der Waals surface area contributed by atoms with Crippen molar-refractivity contribution in [1.29, 1.82) is 0 Å². The fourth-order valence-corrected chi connectivity index (χ4v) is 23.8. The van der Waals surface area contributed by atoms with Crippen molar-refractivity contribution in [2.24, 2.45) is 0 Å². The molecule has 0 bridgehead atoms. The molecular weight excluding hydrogens is 981 g/mol. The van der Waals surface area contributed by atoms with Crippen LogP contribution in [-0.2, 0) is 28.9 Å². The van der Waals surface area contributed by atoms with Crippen LogP contribution in [0.2, 0.25) is 10.1 Å². The quantitative estimate of drug-likeness (QED) is 0.0331. The Morgan fingerprint density at radius 3 is 0.971 bits per heavy atom. The average Bonchev–Trinajstić information content (AvgIpc) is 3.33. The van der Waals surface area contributed by atoms with Crippen LogP contribution in [-0.4, -0.2) is 70.3 Å². The van der Waals surface area contributed by atoms with Crippen LogP contribution in [0.1, 0.15) is 78.4 Å². The molecule has 0 aromatic heterocycles. The molecule has 0 spiro atoms. The van der Waals surface area contributed by atoms with Gasteiger partial charge in [-0.3, -0.25) is 0 Å². The van der Waals surface area contributed by atoms with E-state index in [9.17, 15) is 16.8 Å². The lowest BCUT2D eigenvalue weighted by Crippen LogP contribution is -2.66. The molecule has 374 valence electrons. The van der Waals surface area contributed by atoms with Gasteiger partial charge in [-0.05, 0) is 94.6 Å². The molecule has 6 aromatic rings. The van der Waals surface area contributed by atoms with Gasteiger partial charge in [0, 0.05) is 36.8 Å². The van der Waals surface area contributed by atoms with Gasteiger partial charge in [0.2, 0.25) is 20.0 Å². The minimum Gasteiger partial charge on any atom is -0.407 e. The van der Waals surface area contributed by atoms with E-state index in [1.807, 2.05) is 62.4 Å². The maximum absolute atomic E-state index is 13.9. The predicted molar refractivity (Wildman–Crippen MR) is 301 cm³/mol. The Morgan fingerprint density at radius 2 is 0.714 bits per heavy atom. The molecular formula is C56H72N2O6S4Si2.